The zero-order valence-corrected chi connectivity index (χ0v) is 18.4. The second kappa shape index (κ2) is 10.3. The molecule has 2 aromatic rings. The van der Waals surface area contributed by atoms with Gasteiger partial charge in [0.15, 0.2) is 0 Å². The molecule has 0 spiro atoms. The van der Waals surface area contributed by atoms with Crippen LogP contribution < -0.4 is 4.74 Å². The van der Waals surface area contributed by atoms with Gasteiger partial charge in [-0.3, -0.25) is 9.59 Å². The maximum Gasteiger partial charge on any atom is 0.295 e. The Morgan fingerprint density at radius 3 is 2.26 bits per heavy atom. The van der Waals surface area contributed by atoms with Gasteiger partial charge in [-0.15, -0.1) is 0 Å². The molecule has 0 aliphatic carbocycles. The van der Waals surface area contributed by atoms with Crippen LogP contribution in [-0.2, 0) is 9.59 Å². The SMILES string of the molecule is CCN(CC)CCCN1C(=O)C(=O)C(=C(O)c2ccccc2)[C@@H]1c1ccc(OC)cc1. The number of ketones is 1. The molecule has 0 unspecified atom stereocenters. The van der Waals surface area contributed by atoms with Gasteiger partial charge in [0.2, 0.25) is 0 Å². The van der Waals surface area contributed by atoms with E-state index in [9.17, 15) is 14.7 Å². The highest BCUT2D eigenvalue weighted by molar-refractivity contribution is 6.46. The maximum absolute atomic E-state index is 13.0. The number of Topliss-reactive ketones (excluding diaryl/α,β-unsaturated/α-hetero) is 1. The molecule has 1 N–H and O–H groups in total. The van der Waals surface area contributed by atoms with Crippen LogP contribution in [0.3, 0.4) is 0 Å². The highest BCUT2D eigenvalue weighted by Gasteiger charge is 2.45. The molecule has 0 radical (unpaired) electrons. The largest absolute Gasteiger partial charge is 0.507 e. The molecule has 1 saturated heterocycles. The summed E-state index contributed by atoms with van der Waals surface area (Å²) in [5.74, 6) is -0.681. The average Bonchev–Trinajstić information content (AvgIpc) is 3.07. The highest BCUT2D eigenvalue weighted by atomic mass is 16.5. The Morgan fingerprint density at radius 2 is 1.68 bits per heavy atom. The molecule has 6 heteroatoms. The first-order valence-electron chi connectivity index (χ1n) is 10.7. The topological polar surface area (TPSA) is 70.1 Å². The Morgan fingerprint density at radius 1 is 1.03 bits per heavy atom. The molecule has 1 amide bonds. The van der Waals surface area contributed by atoms with Gasteiger partial charge in [-0.2, -0.15) is 0 Å². The average molecular weight is 423 g/mol. The van der Waals surface area contributed by atoms with Crippen LogP contribution >= 0.6 is 0 Å². The third-order valence-electron chi connectivity index (χ3n) is 5.79. The van der Waals surface area contributed by atoms with Crippen molar-refractivity contribution in [2.75, 3.05) is 33.3 Å². The molecule has 0 saturated carbocycles. The molecular weight excluding hydrogens is 392 g/mol. The number of ether oxygens (including phenoxy) is 1. The number of nitrogens with zero attached hydrogens (tertiary/aromatic N) is 2. The van der Waals surface area contributed by atoms with E-state index in [0.717, 1.165) is 31.6 Å². The molecule has 6 nitrogen and oxygen atoms in total. The third kappa shape index (κ3) is 4.80. The Kier molecular flexibility index (Phi) is 7.47. The number of hydrogen-bond acceptors (Lipinski definition) is 5. The number of likely N-dealkylation sites (tertiary alicyclic amines) is 1. The second-order valence-electron chi connectivity index (χ2n) is 7.51. The van der Waals surface area contributed by atoms with E-state index in [-0.39, 0.29) is 11.3 Å². The fourth-order valence-electron chi connectivity index (χ4n) is 4.00. The summed E-state index contributed by atoms with van der Waals surface area (Å²) in [6, 6.07) is 15.5. The van der Waals surface area contributed by atoms with E-state index in [1.54, 1.807) is 48.4 Å². The Balaban J connectivity index is 2.00. The predicted octanol–water partition coefficient (Wildman–Crippen LogP) is 3.85. The molecule has 1 atom stereocenters. The summed E-state index contributed by atoms with van der Waals surface area (Å²) in [7, 11) is 1.59. The molecular formula is C25H30N2O4. The summed E-state index contributed by atoms with van der Waals surface area (Å²) < 4.78 is 5.25. The molecule has 1 aliphatic heterocycles. The normalized spacial score (nSPS) is 18.1. The van der Waals surface area contributed by atoms with E-state index in [2.05, 4.69) is 18.7 Å². The van der Waals surface area contributed by atoms with Gasteiger partial charge in [-0.1, -0.05) is 56.3 Å². The summed E-state index contributed by atoms with van der Waals surface area (Å²) in [6.07, 6.45) is 0.743. The van der Waals surface area contributed by atoms with Crippen molar-refractivity contribution >= 4 is 17.4 Å². The van der Waals surface area contributed by atoms with E-state index < -0.39 is 17.7 Å². The van der Waals surface area contributed by atoms with Crippen molar-refractivity contribution in [3.63, 3.8) is 0 Å². The van der Waals surface area contributed by atoms with Crippen LogP contribution in [0.25, 0.3) is 5.76 Å². The number of carbonyl (C=O) groups is 2. The van der Waals surface area contributed by atoms with Crippen LogP contribution in [0.2, 0.25) is 0 Å². The number of aliphatic hydroxyl groups excluding tert-OH is 1. The van der Waals surface area contributed by atoms with Crippen LogP contribution in [0, 0.1) is 0 Å². The summed E-state index contributed by atoms with van der Waals surface area (Å²) in [6.45, 7) is 7.35. The first kappa shape index (κ1) is 22.6. The molecule has 31 heavy (non-hydrogen) atoms. The number of benzene rings is 2. The molecule has 3 rings (SSSR count). The van der Waals surface area contributed by atoms with E-state index in [1.165, 1.54) is 0 Å². The van der Waals surface area contributed by atoms with Gasteiger partial charge < -0.3 is 19.6 Å². The summed E-state index contributed by atoms with van der Waals surface area (Å²) in [4.78, 5) is 29.8. The molecule has 2 aromatic carbocycles. The number of carbonyl (C=O) groups excluding carboxylic acids is 2. The van der Waals surface area contributed by atoms with E-state index >= 15 is 0 Å². The molecule has 1 heterocycles. The monoisotopic (exact) mass is 422 g/mol. The number of rotatable bonds is 9. The van der Waals surface area contributed by atoms with Gasteiger partial charge in [-0.25, -0.2) is 0 Å². The van der Waals surface area contributed by atoms with Crippen molar-refractivity contribution in [1.29, 1.82) is 0 Å². The first-order valence-corrected chi connectivity index (χ1v) is 10.7. The van der Waals surface area contributed by atoms with Crippen molar-refractivity contribution < 1.29 is 19.4 Å². The fourth-order valence-corrected chi connectivity index (χ4v) is 4.00. The number of methoxy groups -OCH3 is 1. The lowest BCUT2D eigenvalue weighted by Crippen LogP contribution is -2.33. The Bertz CT molecular complexity index is 934. The van der Waals surface area contributed by atoms with Crippen molar-refractivity contribution in [3.8, 4) is 5.75 Å². The zero-order valence-electron chi connectivity index (χ0n) is 18.4. The Labute approximate surface area is 183 Å². The van der Waals surface area contributed by atoms with Gasteiger partial charge in [-0.05, 0) is 43.8 Å². The first-order chi connectivity index (χ1) is 15.0. The van der Waals surface area contributed by atoms with Crippen molar-refractivity contribution in [1.82, 2.24) is 9.80 Å². The van der Waals surface area contributed by atoms with Gasteiger partial charge in [0.05, 0.1) is 18.7 Å². The zero-order chi connectivity index (χ0) is 22.4. The van der Waals surface area contributed by atoms with Gasteiger partial charge in [0.25, 0.3) is 11.7 Å². The van der Waals surface area contributed by atoms with Crippen LogP contribution in [0.5, 0.6) is 5.75 Å². The van der Waals surface area contributed by atoms with Crippen molar-refractivity contribution in [2.45, 2.75) is 26.3 Å². The van der Waals surface area contributed by atoms with Crippen LogP contribution in [0.4, 0.5) is 0 Å². The van der Waals surface area contributed by atoms with E-state index in [4.69, 9.17) is 4.74 Å². The van der Waals surface area contributed by atoms with Crippen LogP contribution in [0.15, 0.2) is 60.2 Å². The van der Waals surface area contributed by atoms with Gasteiger partial charge >= 0.3 is 0 Å². The van der Waals surface area contributed by atoms with E-state index in [1.807, 2.05) is 18.2 Å². The van der Waals surface area contributed by atoms with E-state index in [0.29, 0.717) is 17.9 Å². The van der Waals surface area contributed by atoms with Crippen LogP contribution in [0.1, 0.15) is 37.4 Å². The fraction of sp³-hybridized carbons (Fsp3) is 0.360. The molecule has 164 valence electrons. The lowest BCUT2D eigenvalue weighted by atomic mass is 9.95. The van der Waals surface area contributed by atoms with Crippen LogP contribution in [-0.4, -0.2) is 59.9 Å². The lowest BCUT2D eigenvalue weighted by Gasteiger charge is -2.27. The predicted molar refractivity (Wildman–Crippen MR) is 121 cm³/mol. The van der Waals surface area contributed by atoms with Gasteiger partial charge in [0.1, 0.15) is 11.5 Å². The minimum atomic E-state index is -0.648. The minimum absolute atomic E-state index is 0.129. The summed E-state index contributed by atoms with van der Waals surface area (Å²) >= 11 is 0. The highest BCUT2D eigenvalue weighted by Crippen LogP contribution is 2.39. The quantitative estimate of drug-likeness (QED) is 0.378. The van der Waals surface area contributed by atoms with Crippen molar-refractivity contribution in [3.05, 3.63) is 71.3 Å². The molecule has 1 aliphatic rings. The smallest absolute Gasteiger partial charge is 0.295 e. The molecule has 0 bridgehead atoms. The third-order valence-corrected chi connectivity index (χ3v) is 5.79. The maximum atomic E-state index is 13.0. The summed E-state index contributed by atoms with van der Waals surface area (Å²) in [5.41, 5.74) is 1.41. The summed E-state index contributed by atoms with van der Waals surface area (Å²) in [5, 5.41) is 11.0. The number of amides is 1. The molecule has 0 aromatic heterocycles. The van der Waals surface area contributed by atoms with Crippen molar-refractivity contribution in [2.24, 2.45) is 0 Å². The molecule has 1 fully saturated rings. The standard InChI is InChI=1S/C25H30N2O4/c1-4-26(5-2)16-9-17-27-22(18-12-14-20(31-3)15-13-18)21(24(29)25(27)30)23(28)19-10-7-6-8-11-19/h6-8,10-15,22,28H,4-5,9,16-17H2,1-3H3/t22-/m0/s1. The second-order valence-corrected chi connectivity index (χ2v) is 7.51. The number of aliphatic hydroxyl groups is 1. The Hall–Kier alpha value is -3.12. The number of hydrogen-bond donors (Lipinski definition) is 1. The lowest BCUT2D eigenvalue weighted by molar-refractivity contribution is -0.140. The van der Waals surface area contributed by atoms with Gasteiger partial charge in [0, 0.05) is 12.1 Å². The minimum Gasteiger partial charge on any atom is -0.507 e.